The van der Waals surface area contributed by atoms with E-state index >= 15 is 0 Å². The molecule has 2 aliphatic rings. The van der Waals surface area contributed by atoms with E-state index in [1.807, 2.05) is 6.08 Å². The molecule has 2 aliphatic carbocycles. The molecular formula is C18H30O. The average Bonchev–Trinajstić information content (AvgIpc) is 2.47. The highest BCUT2D eigenvalue weighted by atomic mass is 16.5. The summed E-state index contributed by atoms with van der Waals surface area (Å²) in [6.07, 6.45) is 18.1. The van der Waals surface area contributed by atoms with Crippen LogP contribution in [0.25, 0.3) is 0 Å². The lowest BCUT2D eigenvalue weighted by molar-refractivity contribution is 0.0220. The van der Waals surface area contributed by atoms with Crippen LogP contribution in [0.4, 0.5) is 0 Å². The number of hydrogen-bond donors (Lipinski definition) is 0. The Morgan fingerprint density at radius 1 is 0.947 bits per heavy atom. The molecule has 0 spiro atoms. The van der Waals surface area contributed by atoms with Crippen LogP contribution < -0.4 is 0 Å². The van der Waals surface area contributed by atoms with Gasteiger partial charge in [0.1, 0.15) is 0 Å². The highest BCUT2D eigenvalue weighted by molar-refractivity contribution is 4.90. The van der Waals surface area contributed by atoms with Crippen molar-refractivity contribution in [2.75, 3.05) is 6.61 Å². The molecule has 0 unspecified atom stereocenters. The summed E-state index contributed by atoms with van der Waals surface area (Å²) in [6, 6.07) is 0. The smallest absolute Gasteiger partial charge is 0.0648 e. The first-order valence-electron chi connectivity index (χ1n) is 8.18. The second kappa shape index (κ2) is 7.89. The van der Waals surface area contributed by atoms with Gasteiger partial charge in [-0.05, 0) is 76.0 Å². The standard InChI is InChI=1S/C18H30O/c1-3-5-15-6-8-16(9-7-15)17-10-12-18(13-11-17)19-14-4-2/h3-5,15-18H,2,6-14H2,1H3/t15-,16-,17-,18-. The largest absolute Gasteiger partial charge is 0.374 e. The maximum absolute atomic E-state index is 5.79. The van der Waals surface area contributed by atoms with Gasteiger partial charge in [-0.3, -0.25) is 0 Å². The first-order valence-corrected chi connectivity index (χ1v) is 8.18. The van der Waals surface area contributed by atoms with E-state index in [9.17, 15) is 0 Å². The molecule has 2 fully saturated rings. The molecule has 0 amide bonds. The summed E-state index contributed by atoms with van der Waals surface area (Å²) in [5.74, 6) is 2.85. The molecule has 0 radical (unpaired) electrons. The quantitative estimate of drug-likeness (QED) is 0.624. The highest BCUT2D eigenvalue weighted by Gasteiger charge is 2.30. The van der Waals surface area contributed by atoms with Gasteiger partial charge in [0.2, 0.25) is 0 Å². The van der Waals surface area contributed by atoms with Gasteiger partial charge in [-0.2, -0.15) is 0 Å². The minimum Gasteiger partial charge on any atom is -0.374 e. The van der Waals surface area contributed by atoms with Crippen LogP contribution in [0.3, 0.4) is 0 Å². The van der Waals surface area contributed by atoms with Gasteiger partial charge < -0.3 is 4.74 Å². The lowest BCUT2D eigenvalue weighted by atomic mass is 9.70. The molecule has 1 nitrogen and oxygen atoms in total. The van der Waals surface area contributed by atoms with E-state index in [4.69, 9.17) is 4.74 Å². The molecule has 2 saturated carbocycles. The maximum Gasteiger partial charge on any atom is 0.0648 e. The lowest BCUT2D eigenvalue weighted by Crippen LogP contribution is -2.28. The van der Waals surface area contributed by atoms with Crippen molar-refractivity contribution in [3.05, 3.63) is 24.8 Å². The fourth-order valence-electron chi connectivity index (χ4n) is 4.01. The van der Waals surface area contributed by atoms with E-state index in [1.165, 1.54) is 51.4 Å². The maximum atomic E-state index is 5.79. The third-order valence-corrected chi connectivity index (χ3v) is 5.12. The molecular weight excluding hydrogens is 232 g/mol. The van der Waals surface area contributed by atoms with E-state index in [1.54, 1.807) is 0 Å². The zero-order valence-corrected chi connectivity index (χ0v) is 12.5. The summed E-state index contributed by atoms with van der Waals surface area (Å²) >= 11 is 0. The molecule has 0 aliphatic heterocycles. The van der Waals surface area contributed by atoms with E-state index in [0.29, 0.717) is 6.10 Å². The molecule has 0 atom stereocenters. The first kappa shape index (κ1) is 14.8. The molecule has 0 aromatic rings. The molecule has 2 rings (SSSR count). The van der Waals surface area contributed by atoms with Gasteiger partial charge in [0.05, 0.1) is 12.7 Å². The van der Waals surface area contributed by atoms with Crippen molar-refractivity contribution in [2.45, 2.75) is 64.4 Å². The predicted octanol–water partition coefficient (Wildman–Crippen LogP) is 5.13. The first-order chi connectivity index (χ1) is 9.33. The van der Waals surface area contributed by atoms with Gasteiger partial charge >= 0.3 is 0 Å². The number of hydrogen-bond acceptors (Lipinski definition) is 1. The Labute approximate surface area is 119 Å². The minimum atomic E-state index is 0.508. The normalized spacial score (nSPS) is 36.5. The van der Waals surface area contributed by atoms with Crippen LogP contribution in [0.1, 0.15) is 58.3 Å². The average molecular weight is 262 g/mol. The highest BCUT2D eigenvalue weighted by Crippen LogP contribution is 2.40. The van der Waals surface area contributed by atoms with Gasteiger partial charge in [0.25, 0.3) is 0 Å². The van der Waals surface area contributed by atoms with Crippen LogP contribution in [0, 0.1) is 17.8 Å². The second-order valence-corrected chi connectivity index (χ2v) is 6.36. The van der Waals surface area contributed by atoms with Crippen LogP contribution in [0.15, 0.2) is 24.8 Å². The van der Waals surface area contributed by atoms with Crippen LogP contribution in [0.5, 0.6) is 0 Å². The monoisotopic (exact) mass is 262 g/mol. The fraction of sp³-hybridized carbons (Fsp3) is 0.778. The third-order valence-electron chi connectivity index (χ3n) is 5.12. The van der Waals surface area contributed by atoms with E-state index in [-0.39, 0.29) is 0 Å². The Bertz CT molecular complexity index is 278. The van der Waals surface area contributed by atoms with Gasteiger partial charge in [0.15, 0.2) is 0 Å². The molecule has 0 N–H and O–H groups in total. The van der Waals surface area contributed by atoms with Crippen LogP contribution in [-0.4, -0.2) is 12.7 Å². The molecule has 0 aromatic heterocycles. The van der Waals surface area contributed by atoms with Gasteiger partial charge in [0, 0.05) is 0 Å². The molecule has 0 saturated heterocycles. The lowest BCUT2D eigenvalue weighted by Gasteiger charge is -2.37. The summed E-state index contributed by atoms with van der Waals surface area (Å²) in [5.41, 5.74) is 0. The van der Waals surface area contributed by atoms with Crippen molar-refractivity contribution in [1.82, 2.24) is 0 Å². The summed E-state index contributed by atoms with van der Waals surface area (Å²) in [7, 11) is 0. The molecule has 0 heterocycles. The van der Waals surface area contributed by atoms with Gasteiger partial charge in [-0.1, -0.05) is 18.2 Å². The topological polar surface area (TPSA) is 9.23 Å². The van der Waals surface area contributed by atoms with Crippen LogP contribution in [0.2, 0.25) is 0 Å². The van der Waals surface area contributed by atoms with Crippen molar-refractivity contribution in [2.24, 2.45) is 17.8 Å². The Hall–Kier alpha value is -0.560. The molecule has 108 valence electrons. The number of rotatable bonds is 5. The minimum absolute atomic E-state index is 0.508. The molecule has 0 bridgehead atoms. The fourth-order valence-corrected chi connectivity index (χ4v) is 4.01. The second-order valence-electron chi connectivity index (χ2n) is 6.36. The van der Waals surface area contributed by atoms with Crippen molar-refractivity contribution in [1.29, 1.82) is 0 Å². The van der Waals surface area contributed by atoms with Gasteiger partial charge in [-0.15, -0.1) is 6.58 Å². The van der Waals surface area contributed by atoms with E-state index < -0.39 is 0 Å². The third kappa shape index (κ3) is 4.49. The summed E-state index contributed by atoms with van der Waals surface area (Å²) < 4.78 is 5.79. The van der Waals surface area contributed by atoms with Crippen LogP contribution >= 0.6 is 0 Å². The zero-order valence-electron chi connectivity index (χ0n) is 12.5. The predicted molar refractivity (Wildman–Crippen MR) is 82.2 cm³/mol. The summed E-state index contributed by atoms with van der Waals surface area (Å²) in [5, 5.41) is 0. The van der Waals surface area contributed by atoms with Crippen molar-refractivity contribution >= 4 is 0 Å². The van der Waals surface area contributed by atoms with Crippen LogP contribution in [-0.2, 0) is 4.74 Å². The van der Waals surface area contributed by atoms with Crippen molar-refractivity contribution < 1.29 is 4.74 Å². The van der Waals surface area contributed by atoms with E-state index in [2.05, 4.69) is 25.7 Å². The van der Waals surface area contributed by atoms with Crippen molar-refractivity contribution in [3.63, 3.8) is 0 Å². The van der Waals surface area contributed by atoms with Gasteiger partial charge in [-0.25, -0.2) is 0 Å². The Kier molecular flexibility index (Phi) is 6.16. The SMILES string of the molecule is C=CCO[C@H]1CC[C@H]([C@H]2CC[C@H](C=CC)CC2)CC1. The molecule has 19 heavy (non-hydrogen) atoms. The van der Waals surface area contributed by atoms with E-state index in [0.717, 1.165) is 24.4 Å². The number of ether oxygens (including phenoxy) is 1. The molecule has 1 heteroatoms. The Morgan fingerprint density at radius 2 is 1.53 bits per heavy atom. The summed E-state index contributed by atoms with van der Waals surface area (Å²) in [4.78, 5) is 0. The summed E-state index contributed by atoms with van der Waals surface area (Å²) in [6.45, 7) is 6.60. The Morgan fingerprint density at radius 3 is 2.05 bits per heavy atom. The Balaban J connectivity index is 1.69. The number of allylic oxidation sites excluding steroid dienone is 2. The van der Waals surface area contributed by atoms with Crippen molar-refractivity contribution in [3.8, 4) is 0 Å². The zero-order chi connectivity index (χ0) is 13.5. The molecule has 0 aromatic carbocycles.